The Morgan fingerprint density at radius 1 is 1.26 bits per heavy atom. The highest BCUT2D eigenvalue weighted by molar-refractivity contribution is 5.73. The van der Waals surface area contributed by atoms with Crippen molar-refractivity contribution in [2.75, 3.05) is 0 Å². The van der Waals surface area contributed by atoms with Crippen LogP contribution in [0.4, 0.5) is 0 Å². The van der Waals surface area contributed by atoms with Crippen LogP contribution in [0.1, 0.15) is 53.4 Å². The molecule has 1 N–H and O–H groups in total. The van der Waals surface area contributed by atoms with Gasteiger partial charge in [0.1, 0.15) is 5.60 Å². The fourth-order valence-corrected chi connectivity index (χ4v) is 4.75. The van der Waals surface area contributed by atoms with E-state index < -0.39 is 5.60 Å². The van der Waals surface area contributed by atoms with Crippen molar-refractivity contribution >= 4 is 5.97 Å². The molecular weight excluding hydrogens is 240 g/mol. The molecule has 3 fully saturated rings. The van der Waals surface area contributed by atoms with Crippen LogP contribution in [0.3, 0.4) is 0 Å². The first kappa shape index (κ1) is 13.4. The van der Waals surface area contributed by atoms with Crippen LogP contribution in [0.5, 0.6) is 0 Å². The minimum absolute atomic E-state index is 0.0566. The summed E-state index contributed by atoms with van der Waals surface area (Å²) in [5.74, 6) is 2.04. The highest BCUT2D eigenvalue weighted by Crippen LogP contribution is 2.68. The molecule has 6 unspecified atom stereocenters. The topological polar surface area (TPSA) is 46.5 Å². The number of hydrogen-bond acceptors (Lipinski definition) is 3. The van der Waals surface area contributed by atoms with Crippen molar-refractivity contribution in [2.45, 2.75) is 64.6 Å². The fourth-order valence-electron chi connectivity index (χ4n) is 4.75. The third kappa shape index (κ3) is 1.93. The van der Waals surface area contributed by atoms with Crippen LogP contribution >= 0.6 is 0 Å². The fraction of sp³-hybridized carbons (Fsp3) is 0.938. The van der Waals surface area contributed by atoms with Gasteiger partial charge in [0.25, 0.3) is 0 Å². The molecule has 0 bridgehead atoms. The molecule has 3 saturated carbocycles. The van der Waals surface area contributed by atoms with Crippen molar-refractivity contribution in [3.8, 4) is 0 Å². The average molecular weight is 266 g/mol. The van der Waals surface area contributed by atoms with Gasteiger partial charge in [0.15, 0.2) is 0 Å². The lowest BCUT2D eigenvalue weighted by molar-refractivity contribution is -0.289. The van der Waals surface area contributed by atoms with E-state index >= 15 is 0 Å². The molecule has 3 aliphatic carbocycles. The van der Waals surface area contributed by atoms with E-state index in [9.17, 15) is 9.90 Å². The third-order valence-electron chi connectivity index (χ3n) is 5.89. The number of carbonyl (C=O) groups is 1. The van der Waals surface area contributed by atoms with Gasteiger partial charge in [-0.05, 0) is 43.9 Å². The summed E-state index contributed by atoms with van der Waals surface area (Å²) in [6, 6.07) is 0. The summed E-state index contributed by atoms with van der Waals surface area (Å²) >= 11 is 0. The molecule has 0 saturated heterocycles. The van der Waals surface area contributed by atoms with Gasteiger partial charge in [-0.1, -0.05) is 20.8 Å². The van der Waals surface area contributed by atoms with Crippen molar-refractivity contribution in [3.63, 3.8) is 0 Å². The standard InChI is InChI=1S/C16H26O3/c1-9(2)10(3)14(17)19-16-7-12-5-11(13(12)16)6-15(4,18)8-16/h9-13,18H,5-8H2,1-4H3. The van der Waals surface area contributed by atoms with Crippen LogP contribution in [0.15, 0.2) is 0 Å². The summed E-state index contributed by atoms with van der Waals surface area (Å²) in [7, 11) is 0. The molecular formula is C16H26O3. The monoisotopic (exact) mass is 266 g/mol. The van der Waals surface area contributed by atoms with Gasteiger partial charge in [-0.25, -0.2) is 0 Å². The Morgan fingerprint density at radius 3 is 2.47 bits per heavy atom. The molecule has 0 aromatic carbocycles. The zero-order valence-corrected chi connectivity index (χ0v) is 12.5. The first-order valence-electron chi connectivity index (χ1n) is 7.69. The van der Waals surface area contributed by atoms with E-state index in [0.29, 0.717) is 24.2 Å². The van der Waals surface area contributed by atoms with Gasteiger partial charge in [-0.2, -0.15) is 0 Å². The highest BCUT2D eigenvalue weighted by atomic mass is 16.6. The lowest BCUT2D eigenvalue weighted by Gasteiger charge is -2.69. The largest absolute Gasteiger partial charge is 0.458 e. The predicted octanol–water partition coefficient (Wildman–Crippen LogP) is 2.76. The van der Waals surface area contributed by atoms with Crippen molar-refractivity contribution < 1.29 is 14.6 Å². The molecule has 0 amide bonds. The predicted molar refractivity (Wildman–Crippen MR) is 72.4 cm³/mol. The molecule has 3 nitrogen and oxygen atoms in total. The minimum atomic E-state index is -0.659. The average Bonchev–Trinajstić information content (AvgIpc) is 2.21. The molecule has 0 aromatic heterocycles. The van der Waals surface area contributed by atoms with Gasteiger partial charge in [0.05, 0.1) is 11.5 Å². The Bertz CT molecular complexity index is 401. The summed E-state index contributed by atoms with van der Waals surface area (Å²) in [4.78, 5) is 12.3. The van der Waals surface area contributed by atoms with E-state index in [0.717, 1.165) is 18.8 Å². The second-order valence-corrected chi connectivity index (χ2v) is 7.88. The molecule has 3 heteroatoms. The Labute approximate surface area is 115 Å². The van der Waals surface area contributed by atoms with Crippen LogP contribution in [0.2, 0.25) is 0 Å². The van der Waals surface area contributed by atoms with E-state index in [4.69, 9.17) is 4.74 Å². The zero-order chi connectivity index (χ0) is 14.0. The molecule has 0 heterocycles. The van der Waals surface area contributed by atoms with Gasteiger partial charge in [0, 0.05) is 12.3 Å². The van der Waals surface area contributed by atoms with Gasteiger partial charge < -0.3 is 9.84 Å². The normalized spacial score (nSPS) is 48.8. The first-order chi connectivity index (χ1) is 8.74. The van der Waals surface area contributed by atoms with Gasteiger partial charge >= 0.3 is 5.97 Å². The van der Waals surface area contributed by atoms with Crippen LogP contribution in [-0.2, 0) is 9.53 Å². The third-order valence-corrected chi connectivity index (χ3v) is 5.89. The van der Waals surface area contributed by atoms with E-state index in [1.54, 1.807) is 0 Å². The van der Waals surface area contributed by atoms with Crippen LogP contribution in [0, 0.1) is 29.6 Å². The molecule has 19 heavy (non-hydrogen) atoms. The maximum absolute atomic E-state index is 12.3. The summed E-state index contributed by atoms with van der Waals surface area (Å²) in [6.07, 6.45) is 3.71. The van der Waals surface area contributed by atoms with Crippen LogP contribution < -0.4 is 0 Å². The van der Waals surface area contributed by atoms with Crippen LogP contribution in [-0.4, -0.2) is 22.3 Å². The number of aliphatic hydroxyl groups is 1. The number of carbonyl (C=O) groups excluding carboxylic acids is 1. The molecule has 0 aliphatic heterocycles. The first-order valence-corrected chi connectivity index (χ1v) is 7.69. The van der Waals surface area contributed by atoms with Crippen molar-refractivity contribution in [1.29, 1.82) is 0 Å². The Kier molecular flexibility index (Phi) is 2.80. The molecule has 3 aliphatic rings. The molecule has 6 atom stereocenters. The lowest BCUT2D eigenvalue weighted by Crippen LogP contribution is -2.71. The minimum Gasteiger partial charge on any atom is -0.458 e. The van der Waals surface area contributed by atoms with Crippen LogP contribution in [0.25, 0.3) is 0 Å². The van der Waals surface area contributed by atoms with E-state index in [1.165, 1.54) is 6.42 Å². The zero-order valence-electron chi connectivity index (χ0n) is 12.5. The highest BCUT2D eigenvalue weighted by Gasteiger charge is 2.70. The number of rotatable bonds is 3. The molecule has 0 spiro atoms. The number of hydrogen-bond donors (Lipinski definition) is 1. The summed E-state index contributed by atoms with van der Waals surface area (Å²) in [6.45, 7) is 7.95. The lowest BCUT2D eigenvalue weighted by atomic mass is 9.39. The quantitative estimate of drug-likeness (QED) is 0.799. The van der Waals surface area contributed by atoms with E-state index in [1.807, 2.05) is 13.8 Å². The van der Waals surface area contributed by atoms with Crippen molar-refractivity contribution in [1.82, 2.24) is 0 Å². The van der Waals surface area contributed by atoms with E-state index in [2.05, 4.69) is 13.8 Å². The summed E-state index contributed by atoms with van der Waals surface area (Å²) in [5.41, 5.74) is -0.997. The van der Waals surface area contributed by atoms with Gasteiger partial charge in [0.2, 0.25) is 0 Å². The molecule has 3 rings (SSSR count). The maximum Gasteiger partial charge on any atom is 0.309 e. The molecule has 108 valence electrons. The van der Waals surface area contributed by atoms with Crippen molar-refractivity contribution in [2.24, 2.45) is 29.6 Å². The number of ether oxygens (including phenoxy) is 1. The van der Waals surface area contributed by atoms with Crippen molar-refractivity contribution in [3.05, 3.63) is 0 Å². The summed E-state index contributed by atoms with van der Waals surface area (Å²) in [5, 5.41) is 10.4. The SMILES string of the molecule is CC(C)C(C)C(=O)OC12CC3CC(CC(C)(O)C1)C32. The molecule has 0 radical (unpaired) electrons. The Hall–Kier alpha value is -0.570. The summed E-state index contributed by atoms with van der Waals surface area (Å²) < 4.78 is 5.94. The Balaban J connectivity index is 1.74. The van der Waals surface area contributed by atoms with E-state index in [-0.39, 0.29) is 17.5 Å². The smallest absolute Gasteiger partial charge is 0.309 e. The van der Waals surface area contributed by atoms with Gasteiger partial charge in [-0.15, -0.1) is 0 Å². The van der Waals surface area contributed by atoms with Gasteiger partial charge in [-0.3, -0.25) is 4.79 Å². The maximum atomic E-state index is 12.3. The second-order valence-electron chi connectivity index (χ2n) is 7.88. The Morgan fingerprint density at radius 2 is 1.89 bits per heavy atom. The second kappa shape index (κ2) is 3.97. The molecule has 0 aromatic rings. The number of esters is 1.